The molecule has 0 spiro atoms. The number of ether oxygens (including phenoxy) is 2. The number of para-hydroxylation sites is 1. The number of methoxy groups -OCH3 is 1. The van der Waals surface area contributed by atoms with Gasteiger partial charge >= 0.3 is 5.97 Å². The molecule has 2 aromatic carbocycles. The molecule has 2 rings (SSSR count). The highest BCUT2D eigenvalue weighted by molar-refractivity contribution is 5.87. The molecule has 24 heavy (non-hydrogen) atoms. The second-order valence-electron chi connectivity index (χ2n) is 5.12. The van der Waals surface area contributed by atoms with Crippen molar-refractivity contribution >= 4 is 11.9 Å². The summed E-state index contributed by atoms with van der Waals surface area (Å²) in [5.41, 5.74) is 1.03. The van der Waals surface area contributed by atoms with E-state index < -0.39 is 12.1 Å². The third-order valence-corrected chi connectivity index (χ3v) is 3.43. The Balaban J connectivity index is 1.91. The molecule has 6 heteroatoms. The van der Waals surface area contributed by atoms with Crippen molar-refractivity contribution in [2.24, 2.45) is 0 Å². The number of carboxylic acid groups (broad SMARTS) is 1. The van der Waals surface area contributed by atoms with Crippen molar-refractivity contribution in [2.45, 2.75) is 19.6 Å². The van der Waals surface area contributed by atoms with Gasteiger partial charge in [-0.25, -0.2) is 4.79 Å². The van der Waals surface area contributed by atoms with Crippen molar-refractivity contribution < 1.29 is 24.2 Å². The van der Waals surface area contributed by atoms with Crippen LogP contribution < -0.4 is 14.8 Å². The van der Waals surface area contributed by atoms with Crippen molar-refractivity contribution in [3.05, 3.63) is 59.7 Å². The fourth-order valence-corrected chi connectivity index (χ4v) is 2.11. The van der Waals surface area contributed by atoms with Gasteiger partial charge < -0.3 is 19.9 Å². The van der Waals surface area contributed by atoms with Gasteiger partial charge in [0.1, 0.15) is 11.5 Å². The molecule has 0 fully saturated rings. The molecule has 0 aromatic heterocycles. The first-order valence-corrected chi connectivity index (χ1v) is 7.41. The van der Waals surface area contributed by atoms with E-state index in [4.69, 9.17) is 14.6 Å². The van der Waals surface area contributed by atoms with Crippen molar-refractivity contribution in [2.75, 3.05) is 7.11 Å². The molecule has 0 heterocycles. The van der Waals surface area contributed by atoms with Gasteiger partial charge in [0.15, 0.2) is 6.10 Å². The topological polar surface area (TPSA) is 84.9 Å². The van der Waals surface area contributed by atoms with Crippen LogP contribution in [0.15, 0.2) is 48.5 Å². The summed E-state index contributed by atoms with van der Waals surface area (Å²) in [5, 5.41) is 11.6. The van der Waals surface area contributed by atoms with Crippen LogP contribution in [0.5, 0.6) is 11.5 Å². The second-order valence-corrected chi connectivity index (χ2v) is 5.12. The van der Waals surface area contributed by atoms with Gasteiger partial charge in [-0.05, 0) is 37.3 Å². The van der Waals surface area contributed by atoms with Crippen molar-refractivity contribution in [3.63, 3.8) is 0 Å². The number of carbonyl (C=O) groups is 2. The highest BCUT2D eigenvalue weighted by atomic mass is 16.5. The van der Waals surface area contributed by atoms with Crippen LogP contribution in [0.4, 0.5) is 0 Å². The number of amides is 1. The molecule has 1 amide bonds. The van der Waals surface area contributed by atoms with E-state index in [1.807, 2.05) is 24.3 Å². The molecule has 2 N–H and O–H groups in total. The van der Waals surface area contributed by atoms with E-state index >= 15 is 0 Å². The average molecular weight is 329 g/mol. The Morgan fingerprint density at radius 2 is 1.79 bits per heavy atom. The zero-order valence-electron chi connectivity index (χ0n) is 13.5. The van der Waals surface area contributed by atoms with Crippen LogP contribution in [0.3, 0.4) is 0 Å². The molecule has 6 nitrogen and oxygen atoms in total. The maximum Gasteiger partial charge on any atom is 0.335 e. The number of aromatic carboxylic acids is 1. The normalized spacial score (nSPS) is 11.4. The molecule has 0 saturated heterocycles. The number of nitrogens with one attached hydrogen (secondary N) is 1. The minimum Gasteiger partial charge on any atom is -0.496 e. The third kappa shape index (κ3) is 4.49. The first-order chi connectivity index (χ1) is 11.5. The van der Waals surface area contributed by atoms with Crippen LogP contribution in [0, 0.1) is 0 Å². The van der Waals surface area contributed by atoms with Gasteiger partial charge in [0.2, 0.25) is 0 Å². The predicted molar refractivity (Wildman–Crippen MR) is 88.3 cm³/mol. The lowest BCUT2D eigenvalue weighted by Gasteiger charge is -2.15. The molecule has 0 aliphatic rings. The lowest BCUT2D eigenvalue weighted by molar-refractivity contribution is -0.127. The third-order valence-electron chi connectivity index (χ3n) is 3.43. The van der Waals surface area contributed by atoms with E-state index in [-0.39, 0.29) is 11.5 Å². The molecular formula is C18H19NO5. The quantitative estimate of drug-likeness (QED) is 0.815. The van der Waals surface area contributed by atoms with E-state index in [9.17, 15) is 9.59 Å². The summed E-state index contributed by atoms with van der Waals surface area (Å²) in [5.74, 6) is -0.150. The van der Waals surface area contributed by atoms with Crippen LogP contribution in [0.2, 0.25) is 0 Å². The van der Waals surface area contributed by atoms with Crippen LogP contribution >= 0.6 is 0 Å². The molecule has 0 aliphatic heterocycles. The summed E-state index contributed by atoms with van der Waals surface area (Å²) in [6.07, 6.45) is -0.713. The van der Waals surface area contributed by atoms with Gasteiger partial charge in [0.25, 0.3) is 5.91 Å². The highest BCUT2D eigenvalue weighted by Gasteiger charge is 2.15. The van der Waals surface area contributed by atoms with Gasteiger partial charge in [-0.1, -0.05) is 18.2 Å². The molecule has 0 radical (unpaired) electrons. The lowest BCUT2D eigenvalue weighted by Crippen LogP contribution is -2.36. The summed E-state index contributed by atoms with van der Waals surface area (Å²) in [7, 11) is 1.58. The van der Waals surface area contributed by atoms with E-state index in [1.54, 1.807) is 14.0 Å². The Kier molecular flexibility index (Phi) is 5.78. The Morgan fingerprint density at radius 3 is 2.42 bits per heavy atom. The van der Waals surface area contributed by atoms with Crippen LogP contribution in [-0.2, 0) is 11.3 Å². The molecule has 0 bridgehead atoms. The van der Waals surface area contributed by atoms with Gasteiger partial charge in [-0.2, -0.15) is 0 Å². The minimum absolute atomic E-state index is 0.163. The fraction of sp³-hybridized carbons (Fsp3) is 0.222. The Hall–Kier alpha value is -3.02. The monoisotopic (exact) mass is 329 g/mol. The fourth-order valence-electron chi connectivity index (χ4n) is 2.11. The Labute approximate surface area is 140 Å². The Bertz CT molecular complexity index is 712. The summed E-state index contributed by atoms with van der Waals surface area (Å²) in [4.78, 5) is 22.9. The average Bonchev–Trinajstić information content (AvgIpc) is 2.60. The maximum absolute atomic E-state index is 12.1. The number of benzene rings is 2. The standard InChI is InChI=1S/C18H19NO5/c1-12(24-15-9-7-13(8-10-15)18(21)22)17(20)19-11-14-5-3-4-6-16(14)23-2/h3-10,12H,11H2,1-2H3,(H,19,20)(H,21,22)/t12-/m0/s1. The number of carbonyl (C=O) groups excluding carboxylic acids is 1. The number of hydrogen-bond acceptors (Lipinski definition) is 4. The summed E-state index contributed by atoms with van der Waals surface area (Å²) >= 11 is 0. The van der Waals surface area contributed by atoms with E-state index in [0.717, 1.165) is 5.56 Å². The van der Waals surface area contributed by atoms with Crippen LogP contribution in [0.25, 0.3) is 0 Å². The second kappa shape index (κ2) is 8.01. The lowest BCUT2D eigenvalue weighted by atomic mass is 10.2. The zero-order valence-corrected chi connectivity index (χ0v) is 13.5. The van der Waals surface area contributed by atoms with Gasteiger partial charge in [-0.3, -0.25) is 4.79 Å². The van der Waals surface area contributed by atoms with Crippen molar-refractivity contribution in [3.8, 4) is 11.5 Å². The summed E-state index contributed by atoms with van der Waals surface area (Å²) < 4.78 is 10.8. The largest absolute Gasteiger partial charge is 0.496 e. The summed E-state index contributed by atoms with van der Waals surface area (Å²) in [6.45, 7) is 1.96. The number of hydrogen-bond donors (Lipinski definition) is 2. The van der Waals surface area contributed by atoms with E-state index in [1.165, 1.54) is 24.3 Å². The molecule has 2 aromatic rings. The smallest absolute Gasteiger partial charge is 0.335 e. The SMILES string of the molecule is COc1ccccc1CNC(=O)[C@H](C)Oc1ccc(C(=O)O)cc1. The van der Waals surface area contributed by atoms with Gasteiger partial charge in [0, 0.05) is 12.1 Å². The molecule has 0 unspecified atom stereocenters. The van der Waals surface area contributed by atoms with Crippen molar-refractivity contribution in [1.82, 2.24) is 5.32 Å². The molecule has 0 aliphatic carbocycles. The maximum atomic E-state index is 12.1. The van der Waals surface area contributed by atoms with E-state index in [0.29, 0.717) is 18.0 Å². The molecule has 0 saturated carbocycles. The molecule has 1 atom stereocenters. The predicted octanol–water partition coefficient (Wildman–Crippen LogP) is 2.48. The Morgan fingerprint density at radius 1 is 1.12 bits per heavy atom. The number of carboxylic acids is 1. The summed E-state index contributed by atoms with van der Waals surface area (Å²) in [6, 6.07) is 13.3. The zero-order chi connectivity index (χ0) is 17.5. The first-order valence-electron chi connectivity index (χ1n) is 7.41. The first kappa shape index (κ1) is 17.3. The van der Waals surface area contributed by atoms with Crippen molar-refractivity contribution in [1.29, 1.82) is 0 Å². The van der Waals surface area contributed by atoms with Crippen LogP contribution in [-0.4, -0.2) is 30.2 Å². The van der Waals surface area contributed by atoms with Crippen LogP contribution in [0.1, 0.15) is 22.8 Å². The van der Waals surface area contributed by atoms with Gasteiger partial charge in [-0.15, -0.1) is 0 Å². The molecule has 126 valence electrons. The van der Waals surface area contributed by atoms with Gasteiger partial charge in [0.05, 0.1) is 12.7 Å². The molecular weight excluding hydrogens is 310 g/mol. The highest BCUT2D eigenvalue weighted by Crippen LogP contribution is 2.17. The minimum atomic E-state index is -1.01. The number of rotatable bonds is 7. The van der Waals surface area contributed by atoms with E-state index in [2.05, 4.69) is 5.32 Å².